The van der Waals surface area contributed by atoms with Gasteiger partial charge >= 0.3 is 0 Å². The number of carbonyl (C=O) groups excluding carboxylic acids is 1. The Hall–Kier alpha value is -1.39. The van der Waals surface area contributed by atoms with Crippen LogP contribution in [0.3, 0.4) is 0 Å². The highest BCUT2D eigenvalue weighted by Crippen LogP contribution is 2.02. The van der Waals surface area contributed by atoms with E-state index in [1.807, 2.05) is 12.1 Å². The molecule has 0 spiro atoms. The number of hydrogen-bond acceptors (Lipinski definition) is 2. The SMILES string of the molecule is NC(=O)c1ccc(C[NH+]2CCOCC2)cc1. The first-order valence-corrected chi connectivity index (χ1v) is 5.56. The van der Waals surface area contributed by atoms with E-state index in [1.165, 1.54) is 10.5 Å². The fraction of sp³-hybridized carbons (Fsp3) is 0.417. The van der Waals surface area contributed by atoms with Gasteiger partial charge in [0.1, 0.15) is 19.6 Å². The van der Waals surface area contributed by atoms with Gasteiger partial charge in [-0.3, -0.25) is 4.79 Å². The van der Waals surface area contributed by atoms with Crippen LogP contribution in [0.5, 0.6) is 0 Å². The fourth-order valence-electron chi connectivity index (χ4n) is 1.91. The lowest BCUT2D eigenvalue weighted by Crippen LogP contribution is -3.12. The number of morpholine rings is 1. The molecule has 3 N–H and O–H groups in total. The fourth-order valence-corrected chi connectivity index (χ4v) is 1.91. The number of rotatable bonds is 3. The van der Waals surface area contributed by atoms with Gasteiger partial charge in [-0.1, -0.05) is 12.1 Å². The summed E-state index contributed by atoms with van der Waals surface area (Å²) >= 11 is 0. The number of primary amides is 1. The molecule has 1 heterocycles. The summed E-state index contributed by atoms with van der Waals surface area (Å²) < 4.78 is 5.31. The zero-order valence-electron chi connectivity index (χ0n) is 9.24. The Morgan fingerprint density at radius 1 is 1.25 bits per heavy atom. The van der Waals surface area contributed by atoms with Gasteiger partial charge < -0.3 is 15.4 Å². The Bertz CT molecular complexity index is 356. The van der Waals surface area contributed by atoms with Gasteiger partial charge in [-0.2, -0.15) is 0 Å². The Morgan fingerprint density at radius 2 is 1.88 bits per heavy atom. The molecule has 1 saturated heterocycles. The van der Waals surface area contributed by atoms with E-state index in [1.54, 1.807) is 12.1 Å². The topological polar surface area (TPSA) is 56.8 Å². The molecule has 0 aliphatic carbocycles. The molecule has 0 aromatic heterocycles. The third kappa shape index (κ3) is 2.81. The van der Waals surface area contributed by atoms with E-state index in [2.05, 4.69) is 0 Å². The van der Waals surface area contributed by atoms with E-state index in [0.717, 1.165) is 32.8 Å². The van der Waals surface area contributed by atoms with Gasteiger partial charge in [-0.15, -0.1) is 0 Å². The first-order valence-electron chi connectivity index (χ1n) is 5.56. The number of carbonyl (C=O) groups is 1. The number of nitrogens with two attached hydrogens (primary N) is 1. The highest BCUT2D eigenvalue weighted by molar-refractivity contribution is 5.92. The molecule has 86 valence electrons. The average molecular weight is 221 g/mol. The maximum atomic E-state index is 10.9. The van der Waals surface area contributed by atoms with Crippen molar-refractivity contribution in [2.24, 2.45) is 5.73 Å². The smallest absolute Gasteiger partial charge is 0.248 e. The molecule has 16 heavy (non-hydrogen) atoms. The number of nitrogens with one attached hydrogen (secondary N) is 1. The van der Waals surface area contributed by atoms with Gasteiger partial charge in [0, 0.05) is 11.1 Å². The Balaban J connectivity index is 1.96. The largest absolute Gasteiger partial charge is 0.370 e. The van der Waals surface area contributed by atoms with Crippen LogP contribution in [-0.2, 0) is 11.3 Å². The van der Waals surface area contributed by atoms with Crippen molar-refractivity contribution in [3.05, 3.63) is 35.4 Å². The van der Waals surface area contributed by atoms with Gasteiger partial charge in [0.25, 0.3) is 0 Å². The van der Waals surface area contributed by atoms with E-state index in [-0.39, 0.29) is 5.91 Å². The van der Waals surface area contributed by atoms with E-state index in [4.69, 9.17) is 10.5 Å². The standard InChI is InChI=1S/C12H16N2O2/c13-12(15)11-3-1-10(2-4-11)9-14-5-7-16-8-6-14/h1-4H,5-9H2,(H2,13,15)/p+1. The zero-order valence-corrected chi connectivity index (χ0v) is 9.24. The summed E-state index contributed by atoms with van der Waals surface area (Å²) in [6, 6.07) is 7.53. The summed E-state index contributed by atoms with van der Waals surface area (Å²) in [5, 5.41) is 0. The molecule has 0 bridgehead atoms. The summed E-state index contributed by atoms with van der Waals surface area (Å²) in [7, 11) is 0. The molecule has 1 aromatic rings. The molecule has 0 saturated carbocycles. The van der Waals surface area contributed by atoms with Crippen LogP contribution < -0.4 is 10.6 Å². The molecule has 1 fully saturated rings. The quantitative estimate of drug-likeness (QED) is 0.702. The molecule has 4 heteroatoms. The summed E-state index contributed by atoms with van der Waals surface area (Å²) in [5.74, 6) is -0.370. The molecule has 1 aliphatic rings. The third-order valence-electron chi connectivity index (χ3n) is 2.89. The summed E-state index contributed by atoms with van der Waals surface area (Å²) in [4.78, 5) is 12.4. The maximum absolute atomic E-state index is 10.9. The monoisotopic (exact) mass is 221 g/mol. The second-order valence-electron chi connectivity index (χ2n) is 4.10. The number of ether oxygens (including phenoxy) is 1. The minimum Gasteiger partial charge on any atom is -0.370 e. The van der Waals surface area contributed by atoms with Crippen molar-refractivity contribution in [3.8, 4) is 0 Å². The zero-order chi connectivity index (χ0) is 11.4. The molecule has 1 aromatic carbocycles. The van der Waals surface area contributed by atoms with E-state index >= 15 is 0 Å². The molecular weight excluding hydrogens is 204 g/mol. The Labute approximate surface area is 95.0 Å². The minimum absolute atomic E-state index is 0.370. The second kappa shape index (κ2) is 5.09. The van der Waals surface area contributed by atoms with Crippen molar-refractivity contribution in [1.82, 2.24) is 0 Å². The molecule has 1 amide bonds. The van der Waals surface area contributed by atoms with Crippen LogP contribution in [-0.4, -0.2) is 32.2 Å². The summed E-state index contributed by atoms with van der Waals surface area (Å²) in [6.07, 6.45) is 0. The van der Waals surface area contributed by atoms with Crippen LogP contribution in [0, 0.1) is 0 Å². The van der Waals surface area contributed by atoms with Crippen molar-refractivity contribution in [3.63, 3.8) is 0 Å². The normalized spacial score (nSPS) is 17.2. The van der Waals surface area contributed by atoms with Crippen molar-refractivity contribution in [2.75, 3.05) is 26.3 Å². The second-order valence-corrected chi connectivity index (χ2v) is 4.10. The Morgan fingerprint density at radius 3 is 2.44 bits per heavy atom. The lowest BCUT2D eigenvalue weighted by molar-refractivity contribution is -0.921. The number of benzene rings is 1. The van der Waals surface area contributed by atoms with Gasteiger partial charge in [0.05, 0.1) is 13.2 Å². The first-order chi connectivity index (χ1) is 7.75. The van der Waals surface area contributed by atoms with Crippen LogP contribution >= 0.6 is 0 Å². The van der Waals surface area contributed by atoms with E-state index in [0.29, 0.717) is 5.56 Å². The first kappa shape index (κ1) is 11.1. The van der Waals surface area contributed by atoms with Crippen LogP contribution in [0.25, 0.3) is 0 Å². The summed E-state index contributed by atoms with van der Waals surface area (Å²) in [5.41, 5.74) is 7.00. The van der Waals surface area contributed by atoms with Crippen molar-refractivity contribution >= 4 is 5.91 Å². The molecule has 0 unspecified atom stereocenters. The van der Waals surface area contributed by atoms with Crippen LogP contribution in [0.1, 0.15) is 15.9 Å². The number of quaternary nitrogens is 1. The molecule has 0 atom stereocenters. The number of hydrogen-bond donors (Lipinski definition) is 2. The molecule has 1 aliphatic heterocycles. The lowest BCUT2D eigenvalue weighted by atomic mass is 10.1. The van der Waals surface area contributed by atoms with Crippen LogP contribution in [0.2, 0.25) is 0 Å². The van der Waals surface area contributed by atoms with Crippen molar-refractivity contribution in [1.29, 1.82) is 0 Å². The van der Waals surface area contributed by atoms with Gasteiger partial charge in [-0.05, 0) is 12.1 Å². The van der Waals surface area contributed by atoms with Gasteiger partial charge in [0.2, 0.25) is 5.91 Å². The maximum Gasteiger partial charge on any atom is 0.248 e. The third-order valence-corrected chi connectivity index (χ3v) is 2.89. The van der Waals surface area contributed by atoms with Crippen molar-refractivity contribution in [2.45, 2.75) is 6.54 Å². The van der Waals surface area contributed by atoms with Crippen LogP contribution in [0.15, 0.2) is 24.3 Å². The van der Waals surface area contributed by atoms with Gasteiger partial charge in [-0.25, -0.2) is 0 Å². The Kier molecular flexibility index (Phi) is 3.54. The highest BCUT2D eigenvalue weighted by Gasteiger charge is 2.14. The summed E-state index contributed by atoms with van der Waals surface area (Å²) in [6.45, 7) is 4.78. The highest BCUT2D eigenvalue weighted by atomic mass is 16.5. The average Bonchev–Trinajstić information content (AvgIpc) is 2.31. The lowest BCUT2D eigenvalue weighted by Gasteiger charge is -2.23. The molecule has 0 radical (unpaired) electrons. The van der Waals surface area contributed by atoms with Crippen LogP contribution in [0.4, 0.5) is 0 Å². The minimum atomic E-state index is -0.370. The van der Waals surface area contributed by atoms with E-state index < -0.39 is 0 Å². The predicted molar refractivity (Wildman–Crippen MR) is 60.2 cm³/mol. The molecule has 4 nitrogen and oxygen atoms in total. The van der Waals surface area contributed by atoms with E-state index in [9.17, 15) is 4.79 Å². The van der Waals surface area contributed by atoms with Gasteiger partial charge in [0.15, 0.2) is 0 Å². The molecular formula is C12H17N2O2+. The predicted octanol–water partition coefficient (Wildman–Crippen LogP) is -0.799. The number of amides is 1. The van der Waals surface area contributed by atoms with Crippen molar-refractivity contribution < 1.29 is 14.4 Å². The molecule has 2 rings (SSSR count).